The Labute approximate surface area is 154 Å². The number of Topliss-reactive ketones (excluding diaryl/α,β-unsaturated/α-hetero) is 1. The number of rotatable bonds is 4. The fraction of sp³-hybridized carbons (Fsp3) is 0.158. The fourth-order valence-corrected chi connectivity index (χ4v) is 3.07. The van der Waals surface area contributed by atoms with Gasteiger partial charge < -0.3 is 5.11 Å². The van der Waals surface area contributed by atoms with Crippen LogP contribution in [0.5, 0.6) is 0 Å². The van der Waals surface area contributed by atoms with E-state index < -0.39 is 4.92 Å². The molecule has 0 saturated heterocycles. The second-order valence-electron chi connectivity index (χ2n) is 5.95. The van der Waals surface area contributed by atoms with Gasteiger partial charge in [0.2, 0.25) is 0 Å². The molecule has 1 aliphatic rings. The summed E-state index contributed by atoms with van der Waals surface area (Å²) in [5.74, 6) is -0.399. The average molecular weight is 371 g/mol. The number of hydrogen-bond donors (Lipinski definition) is 1. The van der Waals surface area contributed by atoms with Crippen LogP contribution in [0, 0.1) is 10.1 Å². The van der Waals surface area contributed by atoms with Gasteiger partial charge in [0.05, 0.1) is 10.5 Å². The highest BCUT2D eigenvalue weighted by atomic mass is 35.5. The smallest absolute Gasteiger partial charge is 0.296 e. The van der Waals surface area contributed by atoms with Gasteiger partial charge in [0, 0.05) is 30.1 Å². The molecule has 2 aromatic carbocycles. The highest BCUT2D eigenvalue weighted by Gasteiger charge is 2.27. The lowest BCUT2D eigenvalue weighted by Crippen LogP contribution is -2.19. The second kappa shape index (κ2) is 7.49. The number of carbonyl (C=O) groups excluding carboxylic acids is 1. The van der Waals surface area contributed by atoms with E-state index in [1.54, 1.807) is 0 Å². The summed E-state index contributed by atoms with van der Waals surface area (Å²) in [6.07, 6.45) is 1.76. The largest absolute Gasteiger partial charge is 0.511 e. The van der Waals surface area contributed by atoms with E-state index in [0.29, 0.717) is 6.42 Å². The van der Waals surface area contributed by atoms with E-state index in [1.165, 1.54) is 24.4 Å². The highest BCUT2D eigenvalue weighted by molar-refractivity contribution is 6.31. The van der Waals surface area contributed by atoms with Gasteiger partial charge in [0.25, 0.3) is 5.69 Å². The molecule has 1 unspecified atom stereocenters. The van der Waals surface area contributed by atoms with Crippen molar-refractivity contribution in [1.29, 1.82) is 0 Å². The van der Waals surface area contributed by atoms with Gasteiger partial charge in [0.15, 0.2) is 5.78 Å². The van der Waals surface area contributed by atoms with Gasteiger partial charge in [-0.3, -0.25) is 14.9 Å². The molecule has 0 aliphatic heterocycles. The molecule has 6 nitrogen and oxygen atoms in total. The van der Waals surface area contributed by atoms with E-state index in [1.807, 2.05) is 30.3 Å². The van der Waals surface area contributed by atoms with Crippen molar-refractivity contribution in [2.75, 3.05) is 0 Å². The van der Waals surface area contributed by atoms with Crippen LogP contribution in [0.25, 0.3) is 0 Å². The Hall–Kier alpha value is -2.99. The lowest BCUT2D eigenvalue weighted by Gasteiger charge is -2.22. The van der Waals surface area contributed by atoms with Crippen molar-refractivity contribution in [3.63, 3.8) is 0 Å². The molecule has 3 rings (SSSR count). The topological polar surface area (TPSA) is 92.8 Å². The molecule has 0 heterocycles. The summed E-state index contributed by atoms with van der Waals surface area (Å²) in [4.78, 5) is 26.9. The van der Waals surface area contributed by atoms with Gasteiger partial charge in [0.1, 0.15) is 11.4 Å². The molecule has 26 heavy (non-hydrogen) atoms. The van der Waals surface area contributed by atoms with E-state index >= 15 is 0 Å². The standard InChI is InChI=1S/C19H15ClN2O4/c20-14-6-7-16(17(10-14)22(25)26)21-11-15-18(23)8-13(9-19(15)24)12-4-2-1-3-5-12/h1-7,10-11,13,23H,8-9H2. The summed E-state index contributed by atoms with van der Waals surface area (Å²) >= 11 is 5.77. The van der Waals surface area contributed by atoms with E-state index in [2.05, 4.69) is 4.99 Å². The van der Waals surface area contributed by atoms with Crippen LogP contribution in [0.3, 0.4) is 0 Å². The summed E-state index contributed by atoms with van der Waals surface area (Å²) in [6.45, 7) is 0. The molecule has 1 atom stereocenters. The summed E-state index contributed by atoms with van der Waals surface area (Å²) in [5.41, 5.74) is 0.870. The molecule has 132 valence electrons. The molecule has 0 amide bonds. The number of nitrogens with zero attached hydrogens (tertiary/aromatic N) is 2. The normalized spacial score (nSPS) is 17.7. The van der Waals surface area contributed by atoms with Crippen LogP contribution in [0.15, 0.2) is 64.9 Å². The minimum atomic E-state index is -0.596. The van der Waals surface area contributed by atoms with Crippen LogP contribution in [0.1, 0.15) is 24.3 Å². The number of benzene rings is 2. The van der Waals surface area contributed by atoms with Crippen molar-refractivity contribution < 1.29 is 14.8 Å². The minimum absolute atomic E-state index is 0.0598. The predicted molar refractivity (Wildman–Crippen MR) is 99.3 cm³/mol. The summed E-state index contributed by atoms with van der Waals surface area (Å²) in [7, 11) is 0. The van der Waals surface area contributed by atoms with Gasteiger partial charge >= 0.3 is 0 Å². The highest BCUT2D eigenvalue weighted by Crippen LogP contribution is 2.34. The average Bonchev–Trinajstić information content (AvgIpc) is 2.62. The molecule has 0 spiro atoms. The number of aliphatic imine (C=N–C) groups is 1. The maximum absolute atomic E-state index is 12.4. The van der Waals surface area contributed by atoms with Gasteiger partial charge in [-0.15, -0.1) is 0 Å². The number of nitro groups is 1. The van der Waals surface area contributed by atoms with Crippen molar-refractivity contribution in [1.82, 2.24) is 0 Å². The fourth-order valence-electron chi connectivity index (χ4n) is 2.90. The molecule has 0 aromatic heterocycles. The Morgan fingerprint density at radius 3 is 2.58 bits per heavy atom. The van der Waals surface area contributed by atoms with Gasteiger partial charge in [-0.2, -0.15) is 0 Å². The first kappa shape index (κ1) is 17.8. The Balaban J connectivity index is 1.87. The molecule has 2 aromatic rings. The maximum atomic E-state index is 12.4. The SMILES string of the molecule is O=C1CC(c2ccccc2)CC(O)=C1C=Nc1ccc(Cl)cc1[N+](=O)[O-]. The van der Waals surface area contributed by atoms with Crippen molar-refractivity contribution in [3.05, 3.63) is 80.6 Å². The molecule has 1 aliphatic carbocycles. The van der Waals surface area contributed by atoms with E-state index in [4.69, 9.17) is 11.6 Å². The Morgan fingerprint density at radius 2 is 1.92 bits per heavy atom. The molecule has 0 bridgehead atoms. The second-order valence-corrected chi connectivity index (χ2v) is 6.38. The molecular weight excluding hydrogens is 356 g/mol. The van der Waals surface area contributed by atoms with Crippen molar-refractivity contribution in [2.45, 2.75) is 18.8 Å². The number of carbonyl (C=O) groups is 1. The minimum Gasteiger partial charge on any atom is -0.511 e. The number of hydrogen-bond acceptors (Lipinski definition) is 5. The lowest BCUT2D eigenvalue weighted by atomic mass is 9.83. The quantitative estimate of drug-likeness (QED) is 0.470. The Bertz CT molecular complexity index is 922. The van der Waals surface area contributed by atoms with Crippen LogP contribution in [-0.4, -0.2) is 22.0 Å². The van der Waals surface area contributed by atoms with Gasteiger partial charge in [-0.05, 0) is 23.6 Å². The molecule has 0 radical (unpaired) electrons. The van der Waals surface area contributed by atoms with E-state index in [9.17, 15) is 20.0 Å². The van der Waals surface area contributed by atoms with Crippen LogP contribution in [0.4, 0.5) is 11.4 Å². The van der Waals surface area contributed by atoms with Crippen LogP contribution >= 0.6 is 11.6 Å². The third-order valence-electron chi connectivity index (χ3n) is 4.22. The zero-order chi connectivity index (χ0) is 18.7. The number of aliphatic hydroxyl groups excluding tert-OH is 1. The van der Waals surface area contributed by atoms with E-state index in [0.717, 1.165) is 5.56 Å². The number of nitro benzene ring substituents is 1. The number of halogens is 1. The van der Waals surface area contributed by atoms with Gasteiger partial charge in [-0.1, -0.05) is 41.9 Å². The van der Waals surface area contributed by atoms with Crippen LogP contribution in [-0.2, 0) is 4.79 Å². The van der Waals surface area contributed by atoms with Crippen LogP contribution < -0.4 is 0 Å². The van der Waals surface area contributed by atoms with Crippen molar-refractivity contribution in [3.8, 4) is 0 Å². The summed E-state index contributed by atoms with van der Waals surface area (Å²) < 4.78 is 0. The predicted octanol–water partition coefficient (Wildman–Crippen LogP) is 4.91. The zero-order valence-corrected chi connectivity index (χ0v) is 14.4. The zero-order valence-electron chi connectivity index (χ0n) is 13.6. The lowest BCUT2D eigenvalue weighted by molar-refractivity contribution is -0.384. The molecule has 1 N–H and O–H groups in total. The number of ketones is 1. The summed E-state index contributed by atoms with van der Waals surface area (Å²) in [6, 6.07) is 13.6. The van der Waals surface area contributed by atoms with Crippen molar-refractivity contribution >= 4 is 35.0 Å². The first-order valence-corrected chi connectivity index (χ1v) is 8.31. The molecule has 0 saturated carbocycles. The number of allylic oxidation sites excluding steroid dienone is 2. The first-order valence-electron chi connectivity index (χ1n) is 7.94. The van der Waals surface area contributed by atoms with Crippen LogP contribution in [0.2, 0.25) is 5.02 Å². The third-order valence-corrected chi connectivity index (χ3v) is 4.46. The molecular formula is C19H15ClN2O4. The summed E-state index contributed by atoms with van der Waals surface area (Å²) in [5, 5.41) is 21.6. The maximum Gasteiger partial charge on any atom is 0.296 e. The molecule has 0 fully saturated rings. The Kier molecular flexibility index (Phi) is 5.14. The van der Waals surface area contributed by atoms with Gasteiger partial charge in [-0.25, -0.2) is 4.99 Å². The third kappa shape index (κ3) is 3.81. The van der Waals surface area contributed by atoms with Crippen molar-refractivity contribution in [2.24, 2.45) is 4.99 Å². The molecule has 7 heteroatoms. The Morgan fingerprint density at radius 1 is 1.19 bits per heavy atom. The van der Waals surface area contributed by atoms with E-state index in [-0.39, 0.29) is 45.9 Å². The number of aliphatic hydroxyl groups is 1. The monoisotopic (exact) mass is 370 g/mol. The first-order chi connectivity index (χ1) is 12.5.